The van der Waals surface area contributed by atoms with Gasteiger partial charge in [0.2, 0.25) is 0 Å². The molecule has 0 saturated carbocycles. The predicted molar refractivity (Wildman–Crippen MR) is 76.5 cm³/mol. The van der Waals surface area contributed by atoms with E-state index in [9.17, 15) is 4.79 Å². The summed E-state index contributed by atoms with van der Waals surface area (Å²) >= 11 is 3.50. The zero-order valence-corrected chi connectivity index (χ0v) is 13.0. The van der Waals surface area contributed by atoms with Crippen molar-refractivity contribution in [2.75, 3.05) is 0 Å². The van der Waals surface area contributed by atoms with Crippen LogP contribution in [0.2, 0.25) is 0 Å². The van der Waals surface area contributed by atoms with Gasteiger partial charge in [-0.2, -0.15) is 5.10 Å². The Balaban J connectivity index is 2.69. The monoisotopic (exact) mass is 315 g/mol. The quantitative estimate of drug-likeness (QED) is 0.841. The molecule has 1 unspecified atom stereocenters. The number of nitrogens with zero attached hydrogens (tertiary/aromatic N) is 2. The maximum atomic E-state index is 12.0. The molecular weight excluding hydrogens is 294 g/mol. The van der Waals surface area contributed by atoms with Gasteiger partial charge in [0.05, 0.1) is 15.9 Å². The second kappa shape index (κ2) is 7.04. The van der Waals surface area contributed by atoms with E-state index < -0.39 is 0 Å². The van der Waals surface area contributed by atoms with Gasteiger partial charge in [0.15, 0.2) is 0 Å². The topological polar surface area (TPSA) is 60.9 Å². The Labute approximate surface area is 117 Å². The molecule has 1 aromatic heterocycles. The Morgan fingerprint density at radius 1 is 1.50 bits per heavy atom. The number of rotatable bonds is 7. The molecule has 0 bridgehead atoms. The highest BCUT2D eigenvalue weighted by atomic mass is 79.9. The first-order chi connectivity index (χ1) is 8.49. The number of carbonyl (C=O) groups is 1. The van der Waals surface area contributed by atoms with Crippen LogP contribution in [0.1, 0.15) is 44.5 Å². The van der Waals surface area contributed by atoms with Gasteiger partial charge in [-0.15, -0.1) is 0 Å². The van der Waals surface area contributed by atoms with Crippen molar-refractivity contribution in [1.82, 2.24) is 9.78 Å². The van der Waals surface area contributed by atoms with E-state index in [-0.39, 0.29) is 11.8 Å². The third kappa shape index (κ3) is 3.92. The van der Waals surface area contributed by atoms with Gasteiger partial charge in [-0.3, -0.25) is 9.48 Å². The standard InChI is InChI=1S/C13H22BrN3O/c1-4-6-10(15)7-11(18)8-12-13(14)9(3)16-17(12)5-2/h10H,4-8,15H2,1-3H3. The third-order valence-electron chi connectivity index (χ3n) is 2.97. The van der Waals surface area contributed by atoms with Crippen molar-refractivity contribution >= 4 is 21.7 Å². The van der Waals surface area contributed by atoms with E-state index in [1.54, 1.807) is 0 Å². The maximum absolute atomic E-state index is 12.0. The van der Waals surface area contributed by atoms with Gasteiger partial charge in [-0.25, -0.2) is 0 Å². The van der Waals surface area contributed by atoms with Crippen LogP contribution >= 0.6 is 15.9 Å². The van der Waals surface area contributed by atoms with E-state index in [0.717, 1.165) is 35.2 Å². The minimum atomic E-state index is -0.0135. The summed E-state index contributed by atoms with van der Waals surface area (Å²) in [7, 11) is 0. The lowest BCUT2D eigenvalue weighted by Gasteiger charge is -2.10. The van der Waals surface area contributed by atoms with Crippen molar-refractivity contribution in [3.05, 3.63) is 15.9 Å². The van der Waals surface area contributed by atoms with Crippen LogP contribution in [0.3, 0.4) is 0 Å². The van der Waals surface area contributed by atoms with E-state index >= 15 is 0 Å². The van der Waals surface area contributed by atoms with Gasteiger partial charge in [0, 0.05) is 25.4 Å². The number of hydrogen-bond acceptors (Lipinski definition) is 3. The fraction of sp³-hybridized carbons (Fsp3) is 0.692. The Morgan fingerprint density at radius 3 is 2.72 bits per heavy atom. The van der Waals surface area contributed by atoms with Gasteiger partial charge in [0.1, 0.15) is 5.78 Å². The number of aryl methyl sites for hydroxylation is 2. The van der Waals surface area contributed by atoms with E-state index in [0.29, 0.717) is 12.8 Å². The molecule has 5 heteroatoms. The van der Waals surface area contributed by atoms with Gasteiger partial charge < -0.3 is 5.73 Å². The number of halogens is 1. The van der Waals surface area contributed by atoms with E-state index in [2.05, 4.69) is 28.0 Å². The van der Waals surface area contributed by atoms with Crippen molar-refractivity contribution in [3.63, 3.8) is 0 Å². The number of aromatic nitrogens is 2. The Morgan fingerprint density at radius 2 is 2.17 bits per heavy atom. The van der Waals surface area contributed by atoms with Gasteiger partial charge >= 0.3 is 0 Å². The molecule has 0 aliphatic carbocycles. The van der Waals surface area contributed by atoms with Crippen LogP contribution in [-0.2, 0) is 17.8 Å². The second-order valence-corrected chi connectivity index (χ2v) is 5.42. The second-order valence-electron chi connectivity index (χ2n) is 4.63. The lowest BCUT2D eigenvalue weighted by Crippen LogP contribution is -2.24. The summed E-state index contributed by atoms with van der Waals surface area (Å²) in [6.07, 6.45) is 2.78. The van der Waals surface area contributed by atoms with E-state index in [1.165, 1.54) is 0 Å². The van der Waals surface area contributed by atoms with Crippen molar-refractivity contribution in [1.29, 1.82) is 0 Å². The molecule has 1 aromatic rings. The molecule has 0 saturated heterocycles. The highest BCUT2D eigenvalue weighted by Gasteiger charge is 2.17. The summed E-state index contributed by atoms with van der Waals surface area (Å²) in [6, 6.07) is -0.0135. The zero-order chi connectivity index (χ0) is 13.7. The lowest BCUT2D eigenvalue weighted by molar-refractivity contribution is -0.118. The smallest absolute Gasteiger partial charge is 0.140 e. The molecular formula is C13H22BrN3O. The molecule has 1 atom stereocenters. The summed E-state index contributed by atoms with van der Waals surface area (Å²) in [5.74, 6) is 0.186. The van der Waals surface area contributed by atoms with E-state index in [1.807, 2.05) is 18.5 Å². The number of nitrogens with two attached hydrogens (primary N) is 1. The van der Waals surface area contributed by atoms with Crippen LogP contribution in [0, 0.1) is 6.92 Å². The number of hydrogen-bond donors (Lipinski definition) is 1. The van der Waals surface area contributed by atoms with Crippen LogP contribution in [0.5, 0.6) is 0 Å². The predicted octanol–water partition coefficient (Wildman–Crippen LogP) is 2.60. The molecule has 0 fully saturated rings. The minimum Gasteiger partial charge on any atom is -0.327 e. The van der Waals surface area contributed by atoms with Gasteiger partial charge in [-0.1, -0.05) is 13.3 Å². The summed E-state index contributed by atoms with van der Waals surface area (Å²) in [6.45, 7) is 6.81. The molecule has 0 amide bonds. The number of carbonyl (C=O) groups excluding carboxylic acids is 1. The summed E-state index contributed by atoms with van der Waals surface area (Å²) < 4.78 is 2.82. The van der Waals surface area contributed by atoms with Gasteiger partial charge in [0.25, 0.3) is 0 Å². The van der Waals surface area contributed by atoms with Crippen molar-refractivity contribution in [2.24, 2.45) is 5.73 Å². The Hall–Kier alpha value is -0.680. The maximum Gasteiger partial charge on any atom is 0.140 e. The molecule has 1 heterocycles. The van der Waals surface area contributed by atoms with Gasteiger partial charge in [-0.05, 0) is 36.2 Å². The Kier molecular flexibility index (Phi) is 6.02. The summed E-state index contributed by atoms with van der Waals surface area (Å²) in [4.78, 5) is 12.0. The van der Waals surface area contributed by atoms with E-state index in [4.69, 9.17) is 5.73 Å². The fourth-order valence-corrected chi connectivity index (χ4v) is 2.49. The lowest BCUT2D eigenvalue weighted by atomic mass is 10.0. The molecule has 0 aliphatic rings. The third-order valence-corrected chi connectivity index (χ3v) is 4.00. The first kappa shape index (κ1) is 15.4. The molecule has 1 rings (SSSR count). The zero-order valence-electron chi connectivity index (χ0n) is 11.4. The molecule has 0 aliphatic heterocycles. The van der Waals surface area contributed by atoms with Crippen LogP contribution in [0.25, 0.3) is 0 Å². The van der Waals surface area contributed by atoms with Crippen LogP contribution in [0.15, 0.2) is 4.47 Å². The summed E-state index contributed by atoms with van der Waals surface area (Å²) in [5.41, 5.74) is 7.79. The first-order valence-corrected chi connectivity index (χ1v) is 7.27. The Bertz CT molecular complexity index is 415. The normalized spacial score (nSPS) is 12.7. The highest BCUT2D eigenvalue weighted by Crippen LogP contribution is 2.22. The molecule has 0 aromatic carbocycles. The average Bonchev–Trinajstić information content (AvgIpc) is 2.57. The molecule has 4 nitrogen and oxygen atoms in total. The van der Waals surface area contributed by atoms with Crippen molar-refractivity contribution < 1.29 is 4.79 Å². The SMILES string of the molecule is CCCC(N)CC(=O)Cc1c(Br)c(C)nn1CC. The van der Waals surface area contributed by atoms with Crippen LogP contribution < -0.4 is 5.73 Å². The fourth-order valence-electron chi connectivity index (χ4n) is 2.06. The molecule has 0 spiro atoms. The van der Waals surface area contributed by atoms with Crippen molar-refractivity contribution in [3.8, 4) is 0 Å². The van der Waals surface area contributed by atoms with Crippen molar-refractivity contribution in [2.45, 2.75) is 59.0 Å². The summed E-state index contributed by atoms with van der Waals surface area (Å²) in [5, 5.41) is 4.38. The highest BCUT2D eigenvalue weighted by molar-refractivity contribution is 9.10. The molecule has 0 radical (unpaired) electrons. The molecule has 102 valence electrons. The number of Topliss-reactive ketones (excluding diaryl/α,β-unsaturated/α-hetero) is 1. The molecule has 2 N–H and O–H groups in total. The average molecular weight is 316 g/mol. The largest absolute Gasteiger partial charge is 0.327 e. The van der Waals surface area contributed by atoms with Crippen LogP contribution in [-0.4, -0.2) is 21.6 Å². The minimum absolute atomic E-state index is 0.0135. The molecule has 18 heavy (non-hydrogen) atoms. The number of ketones is 1. The van der Waals surface area contributed by atoms with Crippen LogP contribution in [0.4, 0.5) is 0 Å². The first-order valence-electron chi connectivity index (χ1n) is 6.48.